The van der Waals surface area contributed by atoms with Crippen LogP contribution in [0.1, 0.15) is 34.6 Å². The molecule has 1 aromatic heterocycles. The summed E-state index contributed by atoms with van der Waals surface area (Å²) in [5, 5.41) is 22.4. The van der Waals surface area contributed by atoms with E-state index in [9.17, 15) is 15.0 Å². The van der Waals surface area contributed by atoms with Gasteiger partial charge in [0.15, 0.2) is 0 Å². The molecule has 2 aromatic rings. The van der Waals surface area contributed by atoms with E-state index in [4.69, 9.17) is 0 Å². The minimum absolute atomic E-state index is 0.335. The molecule has 24 heavy (non-hydrogen) atoms. The molecule has 3 N–H and O–H groups in total. The lowest BCUT2D eigenvalue weighted by molar-refractivity contribution is 0.0688. The molecule has 0 radical (unpaired) electrons. The highest BCUT2D eigenvalue weighted by atomic mass is 32.2. The van der Waals surface area contributed by atoms with Crippen molar-refractivity contribution in [2.75, 3.05) is 12.4 Å². The molecular formula is C18H22N2O3S. The SMILES string of the molecule is CCSCc1ccc(C(=O)N[C@H](CO)[C@H](O)c2ccccn2)cc1. The van der Waals surface area contributed by atoms with E-state index < -0.39 is 12.1 Å². The van der Waals surface area contributed by atoms with E-state index in [1.165, 1.54) is 0 Å². The van der Waals surface area contributed by atoms with E-state index in [-0.39, 0.29) is 12.5 Å². The fraction of sp³-hybridized carbons (Fsp3) is 0.333. The lowest BCUT2D eigenvalue weighted by atomic mass is 10.1. The van der Waals surface area contributed by atoms with Gasteiger partial charge in [-0.25, -0.2) is 0 Å². The van der Waals surface area contributed by atoms with Crippen molar-refractivity contribution in [3.05, 3.63) is 65.5 Å². The predicted molar refractivity (Wildman–Crippen MR) is 95.8 cm³/mol. The summed E-state index contributed by atoms with van der Waals surface area (Å²) in [5.74, 6) is 1.63. The topological polar surface area (TPSA) is 82.5 Å². The molecule has 1 aromatic carbocycles. The minimum atomic E-state index is -1.07. The van der Waals surface area contributed by atoms with Crippen LogP contribution in [0.4, 0.5) is 0 Å². The van der Waals surface area contributed by atoms with E-state index in [1.807, 2.05) is 23.9 Å². The predicted octanol–water partition coefficient (Wildman–Crippen LogP) is 2.16. The quantitative estimate of drug-likeness (QED) is 0.682. The molecule has 0 spiro atoms. The molecule has 0 aliphatic carbocycles. The van der Waals surface area contributed by atoms with Crippen LogP contribution in [0.25, 0.3) is 0 Å². The molecule has 2 rings (SSSR count). The Bertz CT molecular complexity index is 634. The highest BCUT2D eigenvalue weighted by molar-refractivity contribution is 7.98. The number of hydrogen-bond donors (Lipinski definition) is 3. The van der Waals surface area contributed by atoms with E-state index >= 15 is 0 Å². The maximum absolute atomic E-state index is 12.3. The lowest BCUT2D eigenvalue weighted by Gasteiger charge is -2.22. The smallest absolute Gasteiger partial charge is 0.251 e. The Morgan fingerprint density at radius 1 is 1.25 bits per heavy atom. The summed E-state index contributed by atoms with van der Waals surface area (Å²) in [6.45, 7) is 1.73. The van der Waals surface area contributed by atoms with Gasteiger partial charge in [0.05, 0.1) is 18.3 Å². The van der Waals surface area contributed by atoms with Gasteiger partial charge in [-0.05, 0) is 35.6 Å². The van der Waals surface area contributed by atoms with Crippen molar-refractivity contribution in [3.8, 4) is 0 Å². The summed E-state index contributed by atoms with van der Waals surface area (Å²) in [7, 11) is 0. The van der Waals surface area contributed by atoms with Crippen molar-refractivity contribution >= 4 is 17.7 Å². The van der Waals surface area contributed by atoms with Crippen molar-refractivity contribution in [2.45, 2.75) is 24.8 Å². The number of aliphatic hydroxyl groups is 2. The van der Waals surface area contributed by atoms with Crippen LogP contribution in [0.15, 0.2) is 48.7 Å². The normalized spacial score (nSPS) is 13.3. The van der Waals surface area contributed by atoms with Crippen LogP contribution in [0.3, 0.4) is 0 Å². The zero-order valence-corrected chi connectivity index (χ0v) is 14.4. The largest absolute Gasteiger partial charge is 0.394 e. The highest BCUT2D eigenvalue weighted by Gasteiger charge is 2.23. The van der Waals surface area contributed by atoms with Gasteiger partial charge < -0.3 is 15.5 Å². The van der Waals surface area contributed by atoms with E-state index in [0.29, 0.717) is 11.3 Å². The second-order valence-corrected chi connectivity index (χ2v) is 6.57. The van der Waals surface area contributed by atoms with Gasteiger partial charge in [-0.1, -0.05) is 25.1 Å². The number of pyridine rings is 1. The Morgan fingerprint density at radius 2 is 2.00 bits per heavy atom. The van der Waals surface area contributed by atoms with E-state index in [1.54, 1.807) is 36.5 Å². The van der Waals surface area contributed by atoms with Crippen LogP contribution in [0.2, 0.25) is 0 Å². The Morgan fingerprint density at radius 3 is 2.58 bits per heavy atom. The molecule has 1 heterocycles. The fourth-order valence-corrected chi connectivity index (χ4v) is 2.84. The van der Waals surface area contributed by atoms with Crippen molar-refractivity contribution in [1.29, 1.82) is 0 Å². The second kappa shape index (κ2) is 9.42. The van der Waals surface area contributed by atoms with Gasteiger partial charge in [0.1, 0.15) is 6.10 Å². The fourth-order valence-electron chi connectivity index (χ4n) is 2.21. The van der Waals surface area contributed by atoms with E-state index in [2.05, 4.69) is 17.2 Å². The third kappa shape index (κ3) is 5.06. The molecule has 0 aliphatic rings. The first kappa shape index (κ1) is 18.4. The maximum atomic E-state index is 12.3. The molecule has 0 unspecified atom stereocenters. The van der Waals surface area contributed by atoms with Gasteiger partial charge >= 0.3 is 0 Å². The first-order valence-electron chi connectivity index (χ1n) is 7.83. The number of aromatic nitrogens is 1. The molecule has 128 valence electrons. The number of nitrogens with one attached hydrogen (secondary N) is 1. The van der Waals surface area contributed by atoms with Gasteiger partial charge in [0.25, 0.3) is 5.91 Å². The third-order valence-electron chi connectivity index (χ3n) is 3.57. The number of amides is 1. The molecule has 0 fully saturated rings. The summed E-state index contributed by atoms with van der Waals surface area (Å²) >= 11 is 1.82. The van der Waals surface area contributed by atoms with Crippen molar-refractivity contribution in [1.82, 2.24) is 10.3 Å². The van der Waals surface area contributed by atoms with Crippen molar-refractivity contribution in [2.24, 2.45) is 0 Å². The Labute approximate surface area is 146 Å². The number of carbonyl (C=O) groups excluding carboxylic acids is 1. The van der Waals surface area contributed by atoms with Gasteiger partial charge in [0, 0.05) is 17.5 Å². The highest BCUT2D eigenvalue weighted by Crippen LogP contribution is 2.16. The second-order valence-electron chi connectivity index (χ2n) is 5.30. The standard InChI is InChI=1S/C18H22N2O3S/c1-2-24-12-13-6-8-14(9-7-13)18(23)20-16(11-21)17(22)15-5-3-4-10-19-15/h3-10,16-17,21-22H,2,11-12H2,1H3,(H,20,23)/t16-,17-/m1/s1. The third-order valence-corrected chi connectivity index (χ3v) is 4.52. The van der Waals surface area contributed by atoms with Crippen LogP contribution in [-0.2, 0) is 5.75 Å². The Kier molecular flexibility index (Phi) is 7.24. The zero-order valence-electron chi connectivity index (χ0n) is 13.6. The molecule has 6 heteroatoms. The van der Waals surface area contributed by atoms with Gasteiger partial charge in [-0.15, -0.1) is 0 Å². The summed E-state index contributed by atoms with van der Waals surface area (Å²) < 4.78 is 0. The van der Waals surface area contributed by atoms with Gasteiger partial charge in [-0.3, -0.25) is 9.78 Å². The molecule has 0 aliphatic heterocycles. The number of nitrogens with zero attached hydrogens (tertiary/aromatic N) is 1. The monoisotopic (exact) mass is 346 g/mol. The molecule has 2 atom stereocenters. The van der Waals surface area contributed by atoms with Crippen LogP contribution in [-0.4, -0.2) is 39.5 Å². The van der Waals surface area contributed by atoms with Crippen LogP contribution in [0.5, 0.6) is 0 Å². The van der Waals surface area contributed by atoms with Gasteiger partial charge in [0.2, 0.25) is 0 Å². The number of rotatable bonds is 8. The van der Waals surface area contributed by atoms with E-state index in [0.717, 1.165) is 17.1 Å². The summed E-state index contributed by atoms with van der Waals surface area (Å²) in [6.07, 6.45) is 0.488. The molecular weight excluding hydrogens is 324 g/mol. The molecule has 1 amide bonds. The average Bonchev–Trinajstić information content (AvgIpc) is 2.64. The van der Waals surface area contributed by atoms with Crippen LogP contribution >= 0.6 is 11.8 Å². The molecule has 0 saturated carbocycles. The Hall–Kier alpha value is -1.89. The summed E-state index contributed by atoms with van der Waals surface area (Å²) in [4.78, 5) is 16.4. The summed E-state index contributed by atoms with van der Waals surface area (Å²) in [6, 6.07) is 11.7. The first-order chi connectivity index (χ1) is 11.7. The number of hydrogen-bond acceptors (Lipinski definition) is 5. The molecule has 5 nitrogen and oxygen atoms in total. The number of thioether (sulfide) groups is 1. The maximum Gasteiger partial charge on any atom is 0.251 e. The Balaban J connectivity index is 2.01. The van der Waals surface area contributed by atoms with Crippen LogP contribution in [0, 0.1) is 0 Å². The van der Waals surface area contributed by atoms with Crippen LogP contribution < -0.4 is 5.32 Å². The zero-order chi connectivity index (χ0) is 17.4. The van der Waals surface area contributed by atoms with Gasteiger partial charge in [-0.2, -0.15) is 11.8 Å². The number of carbonyl (C=O) groups is 1. The minimum Gasteiger partial charge on any atom is -0.394 e. The average molecular weight is 346 g/mol. The number of aliphatic hydroxyl groups excluding tert-OH is 2. The number of benzene rings is 1. The molecule has 0 bridgehead atoms. The van der Waals surface area contributed by atoms with Crippen molar-refractivity contribution < 1.29 is 15.0 Å². The molecule has 0 saturated heterocycles. The summed E-state index contributed by atoms with van der Waals surface area (Å²) in [5.41, 5.74) is 2.06. The van der Waals surface area contributed by atoms with Crippen molar-refractivity contribution in [3.63, 3.8) is 0 Å². The lowest BCUT2D eigenvalue weighted by Crippen LogP contribution is -2.42. The first-order valence-corrected chi connectivity index (χ1v) is 8.98.